The SMILES string of the molecule is Cc1c(-c2nc3c(c(=O)[nH]2)CSC3)cnn1C. The van der Waals surface area contributed by atoms with Crippen molar-refractivity contribution >= 4 is 11.8 Å². The van der Waals surface area contributed by atoms with Crippen molar-refractivity contribution in [3.05, 3.63) is 33.5 Å². The van der Waals surface area contributed by atoms with Gasteiger partial charge in [-0.2, -0.15) is 16.9 Å². The van der Waals surface area contributed by atoms with Gasteiger partial charge in [0.1, 0.15) is 5.82 Å². The third-order valence-corrected chi connectivity index (χ3v) is 4.05. The smallest absolute Gasteiger partial charge is 0.255 e. The second kappa shape index (κ2) is 3.73. The summed E-state index contributed by atoms with van der Waals surface area (Å²) in [5.74, 6) is 2.22. The summed E-state index contributed by atoms with van der Waals surface area (Å²) in [6.45, 7) is 1.96. The van der Waals surface area contributed by atoms with E-state index in [1.54, 1.807) is 22.6 Å². The van der Waals surface area contributed by atoms with E-state index in [4.69, 9.17) is 0 Å². The van der Waals surface area contributed by atoms with Crippen LogP contribution in [0.4, 0.5) is 0 Å². The Hall–Kier alpha value is -1.56. The van der Waals surface area contributed by atoms with Crippen molar-refractivity contribution in [1.82, 2.24) is 19.7 Å². The Labute approximate surface area is 102 Å². The molecule has 0 saturated heterocycles. The molecule has 2 aromatic heterocycles. The number of H-pyrrole nitrogens is 1. The summed E-state index contributed by atoms with van der Waals surface area (Å²) in [6, 6.07) is 0. The molecule has 2 aromatic rings. The van der Waals surface area contributed by atoms with Gasteiger partial charge in [-0.15, -0.1) is 0 Å². The molecule has 1 aliphatic rings. The molecule has 0 aromatic carbocycles. The molecule has 0 atom stereocenters. The molecule has 3 rings (SSSR count). The van der Waals surface area contributed by atoms with E-state index in [1.807, 2.05) is 14.0 Å². The second-order valence-corrected chi connectivity index (χ2v) is 5.09. The zero-order chi connectivity index (χ0) is 12.0. The van der Waals surface area contributed by atoms with Gasteiger partial charge < -0.3 is 4.98 Å². The Kier molecular flexibility index (Phi) is 2.32. The number of nitrogens with zero attached hydrogens (tertiary/aromatic N) is 3. The van der Waals surface area contributed by atoms with Crippen LogP contribution in [-0.2, 0) is 18.6 Å². The van der Waals surface area contributed by atoms with Crippen LogP contribution in [0.1, 0.15) is 17.0 Å². The predicted molar refractivity (Wildman–Crippen MR) is 66.8 cm³/mol. The summed E-state index contributed by atoms with van der Waals surface area (Å²) in [5, 5.41) is 4.17. The summed E-state index contributed by atoms with van der Waals surface area (Å²) < 4.78 is 1.78. The molecule has 0 amide bonds. The standard InChI is InChI=1S/C11H12N4OS/c1-6-7(3-12-15(6)2)10-13-9-5-17-4-8(9)11(16)14-10/h3H,4-5H2,1-2H3,(H,13,14,16). The summed E-state index contributed by atoms with van der Waals surface area (Å²) in [4.78, 5) is 19.3. The Balaban J connectivity index is 2.20. The van der Waals surface area contributed by atoms with Gasteiger partial charge in [0.05, 0.1) is 17.5 Å². The van der Waals surface area contributed by atoms with E-state index in [0.717, 1.165) is 34.0 Å². The number of hydrogen-bond donors (Lipinski definition) is 1. The summed E-state index contributed by atoms with van der Waals surface area (Å²) in [7, 11) is 1.88. The average Bonchev–Trinajstić information content (AvgIpc) is 2.88. The van der Waals surface area contributed by atoms with Gasteiger partial charge >= 0.3 is 0 Å². The van der Waals surface area contributed by atoms with Crippen molar-refractivity contribution in [2.24, 2.45) is 7.05 Å². The molecular formula is C11H12N4OS. The second-order valence-electron chi connectivity index (χ2n) is 4.10. The Bertz CT molecular complexity index is 643. The highest BCUT2D eigenvalue weighted by atomic mass is 32.2. The molecular weight excluding hydrogens is 236 g/mol. The quantitative estimate of drug-likeness (QED) is 0.824. The van der Waals surface area contributed by atoms with Crippen LogP contribution >= 0.6 is 11.8 Å². The van der Waals surface area contributed by atoms with E-state index in [9.17, 15) is 4.79 Å². The molecule has 0 radical (unpaired) electrons. The third-order valence-electron chi connectivity index (χ3n) is 3.08. The van der Waals surface area contributed by atoms with Gasteiger partial charge in [0.15, 0.2) is 0 Å². The summed E-state index contributed by atoms with van der Waals surface area (Å²) >= 11 is 1.73. The van der Waals surface area contributed by atoms with Gasteiger partial charge in [0, 0.05) is 29.8 Å². The van der Waals surface area contributed by atoms with E-state index >= 15 is 0 Å². The van der Waals surface area contributed by atoms with Gasteiger partial charge in [0.25, 0.3) is 5.56 Å². The normalized spacial score (nSPS) is 14.0. The van der Waals surface area contributed by atoms with E-state index in [-0.39, 0.29) is 5.56 Å². The topological polar surface area (TPSA) is 63.6 Å². The molecule has 17 heavy (non-hydrogen) atoms. The fraction of sp³-hybridized carbons (Fsp3) is 0.364. The number of aromatic amines is 1. The first kappa shape index (κ1) is 10.6. The Morgan fingerprint density at radius 1 is 1.47 bits per heavy atom. The average molecular weight is 248 g/mol. The maximum absolute atomic E-state index is 11.9. The maximum atomic E-state index is 11.9. The van der Waals surface area contributed by atoms with Crippen LogP contribution in [0.15, 0.2) is 11.0 Å². The molecule has 0 unspecified atom stereocenters. The minimum Gasteiger partial charge on any atom is -0.306 e. The fourth-order valence-electron chi connectivity index (χ4n) is 1.92. The molecule has 5 nitrogen and oxygen atoms in total. The van der Waals surface area contributed by atoms with Crippen LogP contribution in [0.2, 0.25) is 0 Å². The third kappa shape index (κ3) is 1.59. The number of fused-ring (bicyclic) bond motifs is 1. The Morgan fingerprint density at radius 2 is 2.29 bits per heavy atom. The zero-order valence-electron chi connectivity index (χ0n) is 9.65. The van der Waals surface area contributed by atoms with Crippen molar-refractivity contribution in [3.8, 4) is 11.4 Å². The first-order chi connectivity index (χ1) is 8.16. The molecule has 1 N–H and O–H groups in total. The molecule has 0 aliphatic carbocycles. The molecule has 0 saturated carbocycles. The monoisotopic (exact) mass is 248 g/mol. The summed E-state index contributed by atoms with van der Waals surface area (Å²) in [6.07, 6.45) is 1.74. The molecule has 88 valence electrons. The highest BCUT2D eigenvalue weighted by Gasteiger charge is 2.19. The largest absolute Gasteiger partial charge is 0.306 e. The zero-order valence-corrected chi connectivity index (χ0v) is 10.5. The van der Waals surface area contributed by atoms with Crippen molar-refractivity contribution in [1.29, 1.82) is 0 Å². The van der Waals surface area contributed by atoms with Crippen LogP contribution in [0.5, 0.6) is 0 Å². The van der Waals surface area contributed by atoms with Crippen LogP contribution < -0.4 is 5.56 Å². The van der Waals surface area contributed by atoms with Crippen LogP contribution in [0.25, 0.3) is 11.4 Å². The lowest BCUT2D eigenvalue weighted by molar-refractivity contribution is 0.740. The van der Waals surface area contributed by atoms with E-state index in [0.29, 0.717) is 5.82 Å². The minimum absolute atomic E-state index is 0.0155. The molecule has 1 aliphatic heterocycles. The lowest BCUT2D eigenvalue weighted by atomic mass is 10.2. The first-order valence-corrected chi connectivity index (χ1v) is 6.51. The van der Waals surface area contributed by atoms with Gasteiger partial charge in [-0.05, 0) is 6.92 Å². The van der Waals surface area contributed by atoms with Crippen molar-refractivity contribution in [3.63, 3.8) is 0 Å². The lowest BCUT2D eigenvalue weighted by Gasteiger charge is -2.03. The summed E-state index contributed by atoms with van der Waals surface area (Å²) in [5.41, 5.74) is 3.61. The molecule has 0 spiro atoms. The first-order valence-electron chi connectivity index (χ1n) is 5.35. The molecule has 3 heterocycles. The van der Waals surface area contributed by atoms with E-state index in [2.05, 4.69) is 15.1 Å². The van der Waals surface area contributed by atoms with Crippen molar-refractivity contribution in [2.45, 2.75) is 18.4 Å². The van der Waals surface area contributed by atoms with Crippen molar-refractivity contribution in [2.75, 3.05) is 0 Å². The van der Waals surface area contributed by atoms with E-state index in [1.165, 1.54) is 0 Å². The lowest BCUT2D eigenvalue weighted by Crippen LogP contribution is -2.15. The van der Waals surface area contributed by atoms with Crippen molar-refractivity contribution < 1.29 is 0 Å². The van der Waals surface area contributed by atoms with Crippen LogP contribution in [0, 0.1) is 6.92 Å². The minimum atomic E-state index is -0.0155. The predicted octanol–water partition coefficient (Wildman–Crippen LogP) is 1.23. The molecule has 6 heteroatoms. The highest BCUT2D eigenvalue weighted by molar-refractivity contribution is 7.98. The number of thioether (sulfide) groups is 1. The number of hydrogen-bond acceptors (Lipinski definition) is 4. The Morgan fingerprint density at radius 3 is 3.00 bits per heavy atom. The van der Waals surface area contributed by atoms with Gasteiger partial charge in [-0.1, -0.05) is 0 Å². The fourth-order valence-corrected chi connectivity index (χ4v) is 2.96. The number of aromatic nitrogens is 4. The van der Waals surface area contributed by atoms with Crippen LogP contribution in [-0.4, -0.2) is 19.7 Å². The highest BCUT2D eigenvalue weighted by Crippen LogP contribution is 2.27. The van der Waals surface area contributed by atoms with Crippen LogP contribution in [0.3, 0.4) is 0 Å². The van der Waals surface area contributed by atoms with Gasteiger partial charge in [-0.3, -0.25) is 9.48 Å². The number of aryl methyl sites for hydroxylation is 1. The van der Waals surface area contributed by atoms with Gasteiger partial charge in [0.2, 0.25) is 0 Å². The number of rotatable bonds is 1. The molecule has 0 bridgehead atoms. The van der Waals surface area contributed by atoms with Gasteiger partial charge in [-0.25, -0.2) is 4.98 Å². The maximum Gasteiger partial charge on any atom is 0.255 e. The number of nitrogens with one attached hydrogen (secondary N) is 1. The molecule has 0 fully saturated rings. The van der Waals surface area contributed by atoms with E-state index < -0.39 is 0 Å².